The second-order valence-corrected chi connectivity index (χ2v) is 5.53. The molecule has 2 rings (SSSR count). The Morgan fingerprint density at radius 2 is 2.41 bits per heavy atom. The van der Waals surface area contributed by atoms with Crippen molar-refractivity contribution < 1.29 is 0 Å². The quantitative estimate of drug-likeness (QED) is 0.784. The number of imidazole rings is 1. The molecule has 0 aliphatic carbocycles. The van der Waals surface area contributed by atoms with Crippen LogP contribution >= 0.6 is 24.0 Å². The molecular formula is C13H18N2S2. The summed E-state index contributed by atoms with van der Waals surface area (Å²) in [7, 11) is 0. The average Bonchev–Trinajstić information content (AvgIpc) is 2.98. The van der Waals surface area contributed by atoms with Crippen LogP contribution in [0.3, 0.4) is 0 Å². The van der Waals surface area contributed by atoms with Gasteiger partial charge >= 0.3 is 0 Å². The molecular weight excluding hydrogens is 248 g/mol. The second kappa shape index (κ2) is 6.26. The number of aromatic nitrogens is 2. The maximum absolute atomic E-state index is 4.45. The predicted molar refractivity (Wildman–Crippen MR) is 77.8 cm³/mol. The molecule has 2 heterocycles. The van der Waals surface area contributed by atoms with Gasteiger partial charge in [-0.1, -0.05) is 19.4 Å². The van der Waals surface area contributed by atoms with Gasteiger partial charge in [-0.05, 0) is 29.5 Å². The zero-order valence-electron chi connectivity index (χ0n) is 10.0. The highest BCUT2D eigenvalue weighted by molar-refractivity contribution is 7.80. The summed E-state index contributed by atoms with van der Waals surface area (Å²) in [6.07, 6.45) is 6.40. The fourth-order valence-corrected chi connectivity index (χ4v) is 3.05. The Morgan fingerprint density at radius 1 is 1.53 bits per heavy atom. The third kappa shape index (κ3) is 3.13. The van der Waals surface area contributed by atoms with Crippen molar-refractivity contribution in [2.45, 2.75) is 26.3 Å². The molecule has 0 fully saturated rings. The van der Waals surface area contributed by atoms with Crippen molar-refractivity contribution in [1.29, 1.82) is 0 Å². The Hall–Kier alpha value is -0.740. The molecule has 0 saturated heterocycles. The smallest absolute Gasteiger partial charge is 0.149 e. The van der Waals surface area contributed by atoms with E-state index in [1.807, 2.05) is 6.20 Å². The van der Waals surface area contributed by atoms with Crippen LogP contribution in [0, 0.1) is 5.92 Å². The van der Waals surface area contributed by atoms with Gasteiger partial charge in [-0.3, -0.25) is 0 Å². The lowest BCUT2D eigenvalue weighted by Crippen LogP contribution is -2.12. The lowest BCUT2D eigenvalue weighted by molar-refractivity contribution is 0.456. The summed E-state index contributed by atoms with van der Waals surface area (Å²) in [6.45, 7) is 3.25. The van der Waals surface area contributed by atoms with Gasteiger partial charge in [0.15, 0.2) is 0 Å². The Kier molecular flexibility index (Phi) is 4.68. The van der Waals surface area contributed by atoms with E-state index in [1.165, 1.54) is 17.7 Å². The molecule has 0 spiro atoms. The summed E-state index contributed by atoms with van der Waals surface area (Å²) >= 11 is 6.18. The van der Waals surface area contributed by atoms with E-state index in [1.54, 1.807) is 11.3 Å². The van der Waals surface area contributed by atoms with Crippen LogP contribution in [0.15, 0.2) is 29.9 Å². The van der Waals surface area contributed by atoms with E-state index in [0.29, 0.717) is 5.92 Å². The maximum Gasteiger partial charge on any atom is 0.149 e. The topological polar surface area (TPSA) is 17.8 Å². The minimum absolute atomic E-state index is 0.635. The molecule has 0 amide bonds. The minimum Gasteiger partial charge on any atom is -0.330 e. The average molecular weight is 266 g/mol. The van der Waals surface area contributed by atoms with E-state index >= 15 is 0 Å². The van der Waals surface area contributed by atoms with Crippen LogP contribution in [0.1, 0.15) is 19.8 Å². The van der Waals surface area contributed by atoms with Crippen molar-refractivity contribution in [3.8, 4) is 10.7 Å². The lowest BCUT2D eigenvalue weighted by atomic mass is 10.1. The summed E-state index contributed by atoms with van der Waals surface area (Å²) in [4.78, 5) is 5.69. The third-order valence-electron chi connectivity index (χ3n) is 2.87. The first-order chi connectivity index (χ1) is 8.35. The maximum atomic E-state index is 4.45. The summed E-state index contributed by atoms with van der Waals surface area (Å²) in [6, 6.07) is 4.19. The number of hydrogen-bond donors (Lipinski definition) is 1. The van der Waals surface area contributed by atoms with Crippen LogP contribution in [0.4, 0.5) is 0 Å². The molecule has 0 aliphatic rings. The van der Waals surface area contributed by atoms with Crippen LogP contribution in [-0.4, -0.2) is 15.3 Å². The molecule has 2 aromatic rings. The van der Waals surface area contributed by atoms with Crippen LogP contribution in [0.2, 0.25) is 0 Å². The van der Waals surface area contributed by atoms with Crippen molar-refractivity contribution in [2.24, 2.45) is 5.92 Å². The number of rotatable bonds is 6. The SMILES string of the molecule is CCCC(CS)Cn1ccnc1-c1cccs1. The highest BCUT2D eigenvalue weighted by atomic mass is 32.1. The van der Waals surface area contributed by atoms with E-state index in [2.05, 4.69) is 52.8 Å². The van der Waals surface area contributed by atoms with Gasteiger partial charge in [-0.15, -0.1) is 11.3 Å². The first-order valence-corrected chi connectivity index (χ1v) is 7.52. The molecule has 92 valence electrons. The Balaban J connectivity index is 2.14. The molecule has 2 aromatic heterocycles. The fourth-order valence-electron chi connectivity index (χ4n) is 2.01. The first-order valence-electron chi connectivity index (χ1n) is 6.01. The van der Waals surface area contributed by atoms with E-state index in [9.17, 15) is 0 Å². The third-order valence-corrected chi connectivity index (χ3v) is 4.25. The van der Waals surface area contributed by atoms with Crippen molar-refractivity contribution in [2.75, 3.05) is 5.75 Å². The molecule has 1 atom stereocenters. The first kappa shape index (κ1) is 12.7. The van der Waals surface area contributed by atoms with Gasteiger partial charge in [0, 0.05) is 18.9 Å². The van der Waals surface area contributed by atoms with Gasteiger partial charge in [0.25, 0.3) is 0 Å². The monoisotopic (exact) mass is 266 g/mol. The second-order valence-electron chi connectivity index (χ2n) is 4.22. The van der Waals surface area contributed by atoms with Crippen molar-refractivity contribution in [3.63, 3.8) is 0 Å². The van der Waals surface area contributed by atoms with Gasteiger partial charge in [0.2, 0.25) is 0 Å². The van der Waals surface area contributed by atoms with Gasteiger partial charge in [0.1, 0.15) is 5.82 Å². The number of nitrogens with zero attached hydrogens (tertiary/aromatic N) is 2. The molecule has 0 aliphatic heterocycles. The van der Waals surface area contributed by atoms with E-state index in [-0.39, 0.29) is 0 Å². The molecule has 0 aromatic carbocycles. The molecule has 0 bridgehead atoms. The summed E-state index contributed by atoms with van der Waals surface area (Å²) in [5.74, 6) is 2.66. The Bertz CT molecular complexity index is 434. The minimum atomic E-state index is 0.635. The largest absolute Gasteiger partial charge is 0.330 e. The van der Waals surface area contributed by atoms with Gasteiger partial charge in [-0.25, -0.2) is 4.98 Å². The van der Waals surface area contributed by atoms with Crippen molar-refractivity contribution >= 4 is 24.0 Å². The number of thiol groups is 1. The van der Waals surface area contributed by atoms with E-state index in [4.69, 9.17) is 0 Å². The predicted octanol–water partition coefficient (Wildman–Crippen LogP) is 3.96. The summed E-state index contributed by atoms with van der Waals surface area (Å²) < 4.78 is 2.25. The highest BCUT2D eigenvalue weighted by Crippen LogP contribution is 2.24. The fraction of sp³-hybridized carbons (Fsp3) is 0.462. The number of hydrogen-bond acceptors (Lipinski definition) is 3. The van der Waals surface area contributed by atoms with Crippen molar-refractivity contribution in [1.82, 2.24) is 9.55 Å². The molecule has 0 radical (unpaired) electrons. The molecule has 0 N–H and O–H groups in total. The van der Waals surface area contributed by atoms with Gasteiger partial charge in [-0.2, -0.15) is 12.6 Å². The normalized spacial score (nSPS) is 12.8. The summed E-state index contributed by atoms with van der Waals surface area (Å²) in [5.41, 5.74) is 0. The van der Waals surface area contributed by atoms with Gasteiger partial charge in [0.05, 0.1) is 4.88 Å². The molecule has 4 heteroatoms. The standard InChI is InChI=1S/C13H18N2S2/c1-2-4-11(10-16)9-15-7-6-14-13(15)12-5-3-8-17-12/h3,5-8,11,16H,2,4,9-10H2,1H3. The Morgan fingerprint density at radius 3 is 3.06 bits per heavy atom. The molecule has 17 heavy (non-hydrogen) atoms. The molecule has 0 saturated carbocycles. The highest BCUT2D eigenvalue weighted by Gasteiger charge is 2.11. The van der Waals surface area contributed by atoms with Crippen LogP contribution in [0.25, 0.3) is 10.7 Å². The lowest BCUT2D eigenvalue weighted by Gasteiger charge is -2.15. The molecule has 2 nitrogen and oxygen atoms in total. The van der Waals surface area contributed by atoms with Crippen molar-refractivity contribution in [3.05, 3.63) is 29.9 Å². The Labute approximate surface area is 112 Å². The molecule has 1 unspecified atom stereocenters. The van der Waals surface area contributed by atoms with Crippen LogP contribution in [-0.2, 0) is 6.54 Å². The summed E-state index contributed by atoms with van der Waals surface area (Å²) in [5, 5.41) is 2.09. The number of thiophene rings is 1. The van der Waals surface area contributed by atoms with Gasteiger partial charge < -0.3 is 4.57 Å². The van der Waals surface area contributed by atoms with E-state index in [0.717, 1.165) is 18.1 Å². The zero-order valence-corrected chi connectivity index (χ0v) is 11.8. The zero-order chi connectivity index (χ0) is 12.1. The van der Waals surface area contributed by atoms with E-state index < -0.39 is 0 Å². The van der Waals surface area contributed by atoms with Crippen LogP contribution in [0.5, 0.6) is 0 Å². The van der Waals surface area contributed by atoms with Crippen LogP contribution < -0.4 is 0 Å².